The first-order valence-electron chi connectivity index (χ1n) is 4.67. The van der Waals surface area contributed by atoms with Crippen LogP contribution in [0.25, 0.3) is 0 Å². The molecule has 0 aromatic rings. The number of rotatable bonds is 3. The van der Waals surface area contributed by atoms with E-state index in [1.807, 2.05) is 5.32 Å². The van der Waals surface area contributed by atoms with Crippen molar-refractivity contribution in [1.82, 2.24) is 0 Å². The Hall–Kier alpha value is -0.0800. The smallest absolute Gasteiger partial charge is 0.0544 e. The fraction of sp³-hybridized carbons (Fsp3) is 0.889. The lowest BCUT2D eigenvalue weighted by molar-refractivity contribution is -0.602. The molecule has 2 nitrogen and oxygen atoms in total. The van der Waals surface area contributed by atoms with E-state index < -0.39 is 0 Å². The molecule has 1 fully saturated rings. The van der Waals surface area contributed by atoms with Crippen LogP contribution in [0.15, 0.2) is 0 Å². The Kier molecular flexibility index (Phi) is 3.87. The van der Waals surface area contributed by atoms with Crippen molar-refractivity contribution in [3.05, 3.63) is 7.05 Å². The van der Waals surface area contributed by atoms with Gasteiger partial charge in [-0.3, -0.25) is 0 Å². The second-order valence-electron chi connectivity index (χ2n) is 3.66. The Labute approximate surface area is 71.0 Å². The predicted molar refractivity (Wildman–Crippen MR) is 48.8 cm³/mol. The molecule has 0 bridgehead atoms. The first-order chi connectivity index (χ1) is 5.36. The summed E-state index contributed by atoms with van der Waals surface area (Å²) in [6, 6.07) is 0. The van der Waals surface area contributed by atoms with E-state index in [4.69, 9.17) is 5.73 Å². The molecule has 0 aromatic heterocycles. The monoisotopic (exact) mass is 158 g/mol. The van der Waals surface area contributed by atoms with Gasteiger partial charge in [0.25, 0.3) is 0 Å². The summed E-state index contributed by atoms with van der Waals surface area (Å²) in [6.45, 7) is 2.07. The van der Waals surface area contributed by atoms with Crippen LogP contribution in [-0.2, 0) is 0 Å². The summed E-state index contributed by atoms with van der Waals surface area (Å²) in [5, 5.41) is 2.05. The first-order valence-corrected chi connectivity index (χ1v) is 4.67. The third kappa shape index (κ3) is 2.80. The molecule has 0 amide bonds. The third-order valence-electron chi connectivity index (χ3n) is 2.72. The highest BCUT2D eigenvalue weighted by molar-refractivity contribution is 4.72. The Morgan fingerprint density at radius 1 is 1.45 bits per heavy atom. The molecule has 1 aliphatic carbocycles. The number of hydrogen-bond acceptors (Lipinski definition) is 1. The maximum atomic E-state index is 5.64. The van der Waals surface area contributed by atoms with Crippen LogP contribution in [-0.4, -0.2) is 13.1 Å². The van der Waals surface area contributed by atoms with Gasteiger partial charge in [-0.1, -0.05) is 6.42 Å². The van der Waals surface area contributed by atoms with Gasteiger partial charge in [-0.05, 0) is 31.7 Å². The van der Waals surface area contributed by atoms with E-state index >= 15 is 0 Å². The van der Waals surface area contributed by atoms with Crippen molar-refractivity contribution in [3.63, 3.8) is 0 Å². The van der Waals surface area contributed by atoms with E-state index in [1.54, 1.807) is 0 Å². The van der Waals surface area contributed by atoms with Gasteiger partial charge in [0.05, 0.1) is 6.54 Å². The van der Waals surface area contributed by atoms with Crippen LogP contribution in [0.4, 0.5) is 0 Å². The van der Waals surface area contributed by atoms with Gasteiger partial charge >= 0.3 is 0 Å². The van der Waals surface area contributed by atoms with E-state index in [2.05, 4.69) is 7.05 Å². The van der Waals surface area contributed by atoms with Crippen molar-refractivity contribution in [1.29, 1.82) is 0 Å². The Morgan fingerprint density at radius 3 is 2.82 bits per heavy atom. The molecule has 2 unspecified atom stereocenters. The lowest BCUT2D eigenvalue weighted by Crippen LogP contribution is -2.78. The lowest BCUT2D eigenvalue weighted by Gasteiger charge is -2.27. The van der Waals surface area contributed by atoms with Gasteiger partial charge in [-0.25, -0.2) is 0 Å². The normalized spacial score (nSPS) is 32.2. The summed E-state index contributed by atoms with van der Waals surface area (Å²) >= 11 is 0. The zero-order valence-electron chi connectivity index (χ0n) is 7.26. The molecule has 2 atom stereocenters. The highest BCUT2D eigenvalue weighted by Crippen LogP contribution is 2.26. The highest BCUT2D eigenvalue weighted by Gasteiger charge is 2.20. The van der Waals surface area contributed by atoms with Gasteiger partial charge in [0.1, 0.15) is 0 Å². The van der Waals surface area contributed by atoms with Crippen molar-refractivity contribution >= 4 is 0 Å². The molecule has 0 heterocycles. The molecule has 0 aromatic carbocycles. The van der Waals surface area contributed by atoms with Crippen LogP contribution in [0.5, 0.6) is 0 Å². The zero-order chi connectivity index (χ0) is 8.10. The minimum Gasteiger partial charge on any atom is -0.479 e. The molecule has 0 spiro atoms. The largest absolute Gasteiger partial charge is 0.479 e. The van der Waals surface area contributed by atoms with Crippen molar-refractivity contribution in [3.8, 4) is 0 Å². The van der Waals surface area contributed by atoms with Gasteiger partial charge < -0.3 is 11.1 Å². The van der Waals surface area contributed by atoms with Crippen molar-refractivity contribution in [2.24, 2.45) is 17.6 Å². The highest BCUT2D eigenvalue weighted by atomic mass is 14.8. The van der Waals surface area contributed by atoms with Crippen molar-refractivity contribution < 1.29 is 6.74 Å². The van der Waals surface area contributed by atoms with Gasteiger partial charge in [0.15, 0.2) is 0 Å². The number of nitrogens with two attached hydrogens (primary N) is 2. The molecule has 0 saturated heterocycles. The Balaban J connectivity index is 0.00000121. The molecule has 68 valence electrons. The van der Waals surface area contributed by atoms with Crippen molar-refractivity contribution in [2.75, 3.05) is 13.1 Å². The van der Waals surface area contributed by atoms with E-state index in [-0.39, 0.29) is 1.43 Å². The molecule has 11 heavy (non-hydrogen) atoms. The molecule has 1 aliphatic rings. The van der Waals surface area contributed by atoms with E-state index in [0.29, 0.717) is 0 Å². The van der Waals surface area contributed by atoms with Crippen LogP contribution < -0.4 is 11.1 Å². The van der Waals surface area contributed by atoms with Gasteiger partial charge in [-0.2, -0.15) is 7.05 Å². The maximum absolute atomic E-state index is 5.64. The summed E-state index contributed by atoms with van der Waals surface area (Å²) in [6.07, 6.45) is 5.45. The molecular weight excluding hydrogens is 136 g/mol. The quantitative estimate of drug-likeness (QED) is 0.572. The summed E-state index contributed by atoms with van der Waals surface area (Å²) in [5.41, 5.74) is 5.64. The second kappa shape index (κ2) is 4.73. The minimum atomic E-state index is 0. The molecule has 2 heteroatoms. The van der Waals surface area contributed by atoms with Gasteiger partial charge in [-0.15, -0.1) is 0 Å². The van der Waals surface area contributed by atoms with Crippen molar-refractivity contribution in [2.45, 2.75) is 25.7 Å². The molecule has 0 radical (unpaired) electrons. The number of quaternary nitrogens is 1. The summed E-state index contributed by atoms with van der Waals surface area (Å²) in [7, 11) is 3.77. The van der Waals surface area contributed by atoms with Crippen LogP contribution in [0.3, 0.4) is 0 Å². The molecular formula is C9H22N2. The third-order valence-corrected chi connectivity index (χ3v) is 2.72. The molecule has 1 saturated carbocycles. The molecule has 4 N–H and O–H groups in total. The van der Waals surface area contributed by atoms with Crippen LogP contribution in [0.1, 0.15) is 27.1 Å². The number of hydrogen-bond donors (Lipinski definition) is 2. The maximum Gasteiger partial charge on any atom is 0.0544 e. The fourth-order valence-electron chi connectivity index (χ4n) is 2.07. The van der Waals surface area contributed by atoms with Gasteiger partial charge in [0.2, 0.25) is 0 Å². The molecule has 1 rings (SSSR count). The predicted octanol–water partition coefficient (Wildman–Crippen LogP) is 0.352. The average Bonchev–Trinajstić information content (AvgIpc) is 2.06. The first kappa shape index (κ1) is 9.01. The Morgan fingerprint density at radius 2 is 2.18 bits per heavy atom. The Bertz CT molecular complexity index is 107. The van der Waals surface area contributed by atoms with Gasteiger partial charge in [0, 0.05) is 7.34 Å². The standard InChI is InChI=1S/C9H20N2.H2/c1-11-7-9-4-2-3-8(5-9)6-10;/h8-9H,1-7,10-11H2;1H. The van der Waals surface area contributed by atoms with Crippen LogP contribution in [0.2, 0.25) is 0 Å². The van der Waals surface area contributed by atoms with Crippen LogP contribution >= 0.6 is 0 Å². The summed E-state index contributed by atoms with van der Waals surface area (Å²) < 4.78 is 0. The van der Waals surface area contributed by atoms with E-state index in [1.165, 1.54) is 32.2 Å². The SMILES string of the molecule is [CH2-][NH2+]CC1CCCC(CN)C1.[HH]. The minimum absolute atomic E-state index is 0. The lowest BCUT2D eigenvalue weighted by atomic mass is 9.81. The average molecular weight is 158 g/mol. The van der Waals surface area contributed by atoms with E-state index in [9.17, 15) is 0 Å². The van der Waals surface area contributed by atoms with Crippen LogP contribution in [0, 0.1) is 18.9 Å². The fourth-order valence-corrected chi connectivity index (χ4v) is 2.07. The van der Waals surface area contributed by atoms with E-state index in [0.717, 1.165) is 18.4 Å². The summed E-state index contributed by atoms with van der Waals surface area (Å²) in [5.74, 6) is 1.68. The summed E-state index contributed by atoms with van der Waals surface area (Å²) in [4.78, 5) is 0. The zero-order valence-corrected chi connectivity index (χ0v) is 7.26. The topological polar surface area (TPSA) is 42.6 Å². The molecule has 0 aliphatic heterocycles. The second-order valence-corrected chi connectivity index (χ2v) is 3.66.